The molecule has 2 heterocycles. The van der Waals surface area contributed by atoms with Gasteiger partial charge >= 0.3 is 0 Å². The largest absolute Gasteiger partial charge is 0.353 e. The third-order valence-corrected chi connectivity index (χ3v) is 6.80. The van der Waals surface area contributed by atoms with Gasteiger partial charge in [-0.25, -0.2) is 4.98 Å². The number of hydrogen-bond donors (Lipinski definition) is 1. The lowest BCUT2D eigenvalue weighted by atomic mass is 10.1. The van der Waals surface area contributed by atoms with Gasteiger partial charge in [-0.05, 0) is 43.5 Å². The first-order valence-corrected chi connectivity index (χ1v) is 11.8. The number of piperidine rings is 1. The zero-order chi connectivity index (χ0) is 20.8. The van der Waals surface area contributed by atoms with Crippen molar-refractivity contribution in [3.05, 3.63) is 60.2 Å². The van der Waals surface area contributed by atoms with Crippen molar-refractivity contribution in [3.8, 4) is 0 Å². The van der Waals surface area contributed by atoms with Crippen LogP contribution < -0.4 is 5.32 Å². The summed E-state index contributed by atoms with van der Waals surface area (Å²) in [5.74, 6) is 0.513. The van der Waals surface area contributed by atoms with Crippen LogP contribution in [0.4, 0.5) is 0 Å². The fraction of sp³-hybridized carbons (Fsp3) is 0.417. The quantitative estimate of drug-likeness (QED) is 0.558. The molecule has 5 nitrogen and oxygen atoms in total. The van der Waals surface area contributed by atoms with Gasteiger partial charge in [0.05, 0.1) is 16.8 Å². The highest BCUT2D eigenvalue weighted by molar-refractivity contribution is 7.99. The number of benzene rings is 2. The van der Waals surface area contributed by atoms with E-state index in [1.807, 2.05) is 24.3 Å². The molecule has 0 saturated carbocycles. The summed E-state index contributed by atoms with van der Waals surface area (Å²) in [5, 5.41) is 4.14. The Morgan fingerprint density at radius 2 is 1.83 bits per heavy atom. The van der Waals surface area contributed by atoms with E-state index in [4.69, 9.17) is 4.98 Å². The molecule has 158 valence electrons. The van der Waals surface area contributed by atoms with Crippen LogP contribution in [0.3, 0.4) is 0 Å². The van der Waals surface area contributed by atoms with Crippen LogP contribution in [-0.4, -0.2) is 51.8 Å². The van der Waals surface area contributed by atoms with E-state index < -0.39 is 0 Å². The second kappa shape index (κ2) is 10.1. The number of aromatic nitrogens is 2. The van der Waals surface area contributed by atoms with E-state index >= 15 is 0 Å². The van der Waals surface area contributed by atoms with Crippen LogP contribution in [0.2, 0.25) is 0 Å². The molecule has 0 atom stereocenters. The zero-order valence-corrected chi connectivity index (χ0v) is 18.4. The normalized spacial score (nSPS) is 15.5. The van der Waals surface area contributed by atoms with E-state index in [1.165, 1.54) is 17.3 Å². The standard InChI is InChI=1S/C24H30N4OS/c1-2-27-15-13-20(14-16-27)25-23(29)18-30-24-26-21-10-6-7-11-22(21)28(24)17-12-19-8-4-3-5-9-19/h3-11,20H,2,12-18H2,1H3,(H,25,29). The van der Waals surface area contributed by atoms with Crippen LogP contribution in [0.5, 0.6) is 0 Å². The summed E-state index contributed by atoms with van der Waals surface area (Å²) in [6.07, 6.45) is 3.02. The lowest BCUT2D eigenvalue weighted by Crippen LogP contribution is -2.45. The second-order valence-corrected chi connectivity index (χ2v) is 8.78. The minimum Gasteiger partial charge on any atom is -0.353 e. The van der Waals surface area contributed by atoms with Gasteiger partial charge in [-0.3, -0.25) is 4.79 Å². The summed E-state index contributed by atoms with van der Waals surface area (Å²) in [4.78, 5) is 19.8. The van der Waals surface area contributed by atoms with Crippen LogP contribution >= 0.6 is 11.8 Å². The molecule has 1 saturated heterocycles. The first-order chi connectivity index (χ1) is 14.7. The molecule has 0 spiro atoms. The average Bonchev–Trinajstić information content (AvgIpc) is 3.15. The van der Waals surface area contributed by atoms with Crippen molar-refractivity contribution in [3.63, 3.8) is 0 Å². The number of nitrogens with zero attached hydrogens (tertiary/aromatic N) is 3. The molecular formula is C24H30N4OS. The smallest absolute Gasteiger partial charge is 0.230 e. The number of likely N-dealkylation sites (tertiary alicyclic amines) is 1. The molecular weight excluding hydrogens is 392 g/mol. The van der Waals surface area contributed by atoms with E-state index in [1.54, 1.807) is 0 Å². The van der Waals surface area contributed by atoms with Gasteiger partial charge in [0.1, 0.15) is 0 Å². The summed E-state index contributed by atoms with van der Waals surface area (Å²) in [7, 11) is 0. The highest BCUT2D eigenvalue weighted by atomic mass is 32.2. The van der Waals surface area contributed by atoms with Gasteiger partial charge in [0.25, 0.3) is 0 Å². The minimum atomic E-state index is 0.108. The van der Waals surface area contributed by atoms with E-state index in [0.717, 1.165) is 61.6 Å². The highest BCUT2D eigenvalue weighted by Crippen LogP contribution is 2.24. The molecule has 1 aliphatic heterocycles. The Balaban J connectivity index is 1.39. The average molecular weight is 423 g/mol. The third kappa shape index (κ3) is 5.24. The van der Waals surface area contributed by atoms with Crippen LogP contribution in [0.15, 0.2) is 59.8 Å². The molecule has 1 amide bonds. The number of nitrogens with one attached hydrogen (secondary N) is 1. The molecule has 4 rings (SSSR count). The fourth-order valence-electron chi connectivity index (χ4n) is 4.06. The summed E-state index contributed by atoms with van der Waals surface area (Å²) in [5.41, 5.74) is 3.42. The number of fused-ring (bicyclic) bond motifs is 1. The Hall–Kier alpha value is -2.31. The molecule has 3 aromatic rings. The van der Waals surface area contributed by atoms with Crippen LogP contribution in [0, 0.1) is 0 Å². The van der Waals surface area contributed by atoms with Crippen molar-refractivity contribution in [1.82, 2.24) is 19.8 Å². The lowest BCUT2D eigenvalue weighted by Gasteiger charge is -2.31. The molecule has 1 N–H and O–H groups in total. The highest BCUT2D eigenvalue weighted by Gasteiger charge is 2.20. The van der Waals surface area contributed by atoms with Crippen molar-refractivity contribution in [2.45, 2.75) is 43.9 Å². The lowest BCUT2D eigenvalue weighted by molar-refractivity contribution is -0.119. The molecule has 1 aromatic heterocycles. The molecule has 1 aliphatic rings. The molecule has 1 fully saturated rings. The van der Waals surface area contributed by atoms with Crippen molar-refractivity contribution >= 4 is 28.7 Å². The van der Waals surface area contributed by atoms with Crippen LogP contribution in [0.25, 0.3) is 11.0 Å². The molecule has 2 aromatic carbocycles. The van der Waals surface area contributed by atoms with Crippen LogP contribution in [-0.2, 0) is 17.8 Å². The second-order valence-electron chi connectivity index (χ2n) is 7.84. The van der Waals surface area contributed by atoms with Crippen molar-refractivity contribution in [2.24, 2.45) is 0 Å². The van der Waals surface area contributed by atoms with Gasteiger partial charge in [-0.15, -0.1) is 0 Å². The van der Waals surface area contributed by atoms with Gasteiger partial charge in [0.15, 0.2) is 5.16 Å². The Kier molecular flexibility index (Phi) is 7.07. The number of carbonyl (C=O) groups is 1. The molecule has 6 heteroatoms. The number of amides is 1. The summed E-state index contributed by atoms with van der Waals surface area (Å²) >= 11 is 1.54. The maximum atomic E-state index is 12.6. The number of imidazole rings is 1. The number of hydrogen-bond acceptors (Lipinski definition) is 4. The van der Waals surface area contributed by atoms with E-state index in [0.29, 0.717) is 11.8 Å². The maximum absolute atomic E-state index is 12.6. The number of para-hydroxylation sites is 2. The monoisotopic (exact) mass is 422 g/mol. The maximum Gasteiger partial charge on any atom is 0.230 e. The Morgan fingerprint density at radius 1 is 1.10 bits per heavy atom. The van der Waals surface area contributed by atoms with Gasteiger partial charge in [-0.2, -0.15) is 0 Å². The minimum absolute atomic E-state index is 0.108. The first kappa shape index (κ1) is 20.9. The van der Waals surface area contributed by atoms with E-state index in [-0.39, 0.29) is 5.91 Å². The third-order valence-electron chi connectivity index (χ3n) is 5.82. The molecule has 30 heavy (non-hydrogen) atoms. The Bertz CT molecular complexity index is 964. The summed E-state index contributed by atoms with van der Waals surface area (Å²) in [6, 6.07) is 19.0. The number of carbonyl (C=O) groups excluding carboxylic acids is 1. The van der Waals surface area contributed by atoms with E-state index in [9.17, 15) is 4.79 Å². The Morgan fingerprint density at radius 3 is 2.60 bits per heavy atom. The molecule has 0 unspecified atom stereocenters. The Labute approximate surface area is 182 Å². The van der Waals surface area contributed by atoms with Crippen molar-refractivity contribution < 1.29 is 4.79 Å². The topological polar surface area (TPSA) is 50.2 Å². The first-order valence-electron chi connectivity index (χ1n) is 10.9. The van der Waals surface area contributed by atoms with E-state index in [2.05, 4.69) is 52.0 Å². The van der Waals surface area contributed by atoms with Crippen LogP contribution in [0.1, 0.15) is 25.3 Å². The van der Waals surface area contributed by atoms with Crippen molar-refractivity contribution in [2.75, 3.05) is 25.4 Å². The number of aryl methyl sites for hydroxylation is 2. The molecule has 0 radical (unpaired) electrons. The predicted molar refractivity (Wildman–Crippen MR) is 124 cm³/mol. The molecule has 0 aliphatic carbocycles. The van der Waals surface area contributed by atoms with Gasteiger partial charge in [0, 0.05) is 25.7 Å². The number of rotatable bonds is 8. The molecule has 0 bridgehead atoms. The summed E-state index contributed by atoms with van der Waals surface area (Å²) < 4.78 is 2.25. The fourth-order valence-corrected chi connectivity index (χ4v) is 4.91. The van der Waals surface area contributed by atoms with Gasteiger partial charge in [0.2, 0.25) is 5.91 Å². The summed E-state index contributed by atoms with van der Waals surface area (Å²) in [6.45, 7) is 6.28. The SMILES string of the molecule is CCN1CCC(NC(=O)CSc2nc3ccccc3n2CCc2ccccc2)CC1. The predicted octanol–water partition coefficient (Wildman–Crippen LogP) is 3.97. The number of thioether (sulfide) groups is 1. The van der Waals surface area contributed by atoms with Gasteiger partial charge in [-0.1, -0.05) is 61.2 Å². The van der Waals surface area contributed by atoms with Crippen molar-refractivity contribution in [1.29, 1.82) is 0 Å². The zero-order valence-electron chi connectivity index (χ0n) is 17.6. The van der Waals surface area contributed by atoms with Gasteiger partial charge < -0.3 is 14.8 Å².